The predicted octanol–water partition coefficient (Wildman–Crippen LogP) is 3.98. The summed E-state index contributed by atoms with van der Waals surface area (Å²) in [6.45, 7) is 8.45. The van der Waals surface area contributed by atoms with Crippen molar-refractivity contribution in [2.24, 2.45) is 11.7 Å². The third-order valence-electron chi connectivity index (χ3n) is 2.71. The van der Waals surface area contributed by atoms with Crippen LogP contribution in [0.4, 0.5) is 4.39 Å². The maximum atomic E-state index is 13.1. The number of hydrogen-bond donors (Lipinski definition) is 1. The van der Waals surface area contributed by atoms with Gasteiger partial charge in [-0.1, -0.05) is 20.8 Å². The molecule has 0 aliphatic heterocycles. The summed E-state index contributed by atoms with van der Waals surface area (Å²) in [7, 11) is 0. The Hall–Kier alpha value is -0.540. The molecule has 0 saturated heterocycles. The van der Waals surface area contributed by atoms with Crippen LogP contribution in [0.25, 0.3) is 0 Å². The Labute approximate surface area is 102 Å². The van der Waals surface area contributed by atoms with E-state index in [1.807, 2.05) is 13.0 Å². The van der Waals surface area contributed by atoms with Crippen LogP contribution in [0.3, 0.4) is 0 Å². The highest BCUT2D eigenvalue weighted by Gasteiger charge is 2.14. The number of benzene rings is 1. The zero-order valence-corrected chi connectivity index (χ0v) is 11.1. The number of rotatable bonds is 4. The van der Waals surface area contributed by atoms with Crippen LogP contribution >= 0.6 is 11.8 Å². The van der Waals surface area contributed by atoms with Gasteiger partial charge in [0, 0.05) is 16.2 Å². The van der Waals surface area contributed by atoms with E-state index in [-0.39, 0.29) is 11.9 Å². The van der Waals surface area contributed by atoms with E-state index in [2.05, 4.69) is 20.8 Å². The summed E-state index contributed by atoms with van der Waals surface area (Å²) < 4.78 is 13.1. The summed E-state index contributed by atoms with van der Waals surface area (Å²) in [4.78, 5) is 1.10. The first-order valence-electron chi connectivity index (χ1n) is 5.63. The van der Waals surface area contributed by atoms with Crippen molar-refractivity contribution in [3.8, 4) is 0 Å². The van der Waals surface area contributed by atoms with Crippen LogP contribution in [-0.4, -0.2) is 5.25 Å². The van der Waals surface area contributed by atoms with Crippen molar-refractivity contribution in [1.82, 2.24) is 0 Å². The first kappa shape index (κ1) is 13.5. The van der Waals surface area contributed by atoms with Gasteiger partial charge in [0.2, 0.25) is 0 Å². The van der Waals surface area contributed by atoms with Gasteiger partial charge in [-0.3, -0.25) is 0 Å². The Bertz CT molecular complexity index is 350. The van der Waals surface area contributed by atoms with Gasteiger partial charge in [-0.15, -0.1) is 11.8 Å². The summed E-state index contributed by atoms with van der Waals surface area (Å²) in [6, 6.07) is 4.75. The molecule has 0 spiro atoms. The van der Waals surface area contributed by atoms with Crippen LogP contribution in [-0.2, 0) is 0 Å². The van der Waals surface area contributed by atoms with Crippen molar-refractivity contribution < 1.29 is 4.39 Å². The SMILES string of the molecule is CC(C)C(C)Sc1ccc(F)cc1[C@H](C)N. The average Bonchev–Trinajstić information content (AvgIpc) is 2.20. The minimum Gasteiger partial charge on any atom is -0.324 e. The molecular weight excluding hydrogens is 221 g/mol. The maximum Gasteiger partial charge on any atom is 0.123 e. The maximum absolute atomic E-state index is 13.1. The fourth-order valence-corrected chi connectivity index (χ4v) is 2.52. The fraction of sp³-hybridized carbons (Fsp3) is 0.538. The molecule has 1 aromatic rings. The van der Waals surface area contributed by atoms with E-state index < -0.39 is 0 Å². The van der Waals surface area contributed by atoms with Crippen LogP contribution in [0.15, 0.2) is 23.1 Å². The summed E-state index contributed by atoms with van der Waals surface area (Å²) in [5.74, 6) is 0.379. The molecule has 0 amide bonds. The standard InChI is InChI=1S/C13H20FNS/c1-8(2)10(4)16-13-6-5-11(14)7-12(13)9(3)15/h5-10H,15H2,1-4H3/t9-,10?/m0/s1. The topological polar surface area (TPSA) is 26.0 Å². The third kappa shape index (κ3) is 3.49. The van der Waals surface area contributed by atoms with E-state index >= 15 is 0 Å². The van der Waals surface area contributed by atoms with Gasteiger partial charge in [-0.25, -0.2) is 4.39 Å². The molecule has 0 saturated carbocycles. The fourth-order valence-electron chi connectivity index (χ4n) is 1.32. The van der Waals surface area contributed by atoms with E-state index in [0.717, 1.165) is 10.5 Å². The highest BCUT2D eigenvalue weighted by atomic mass is 32.2. The molecule has 0 aromatic heterocycles. The predicted molar refractivity (Wildman–Crippen MR) is 69.2 cm³/mol. The minimum atomic E-state index is -0.214. The summed E-state index contributed by atoms with van der Waals surface area (Å²) in [5.41, 5.74) is 6.76. The molecule has 1 unspecified atom stereocenters. The second-order valence-electron chi connectivity index (χ2n) is 4.54. The second-order valence-corrected chi connectivity index (χ2v) is 5.96. The van der Waals surface area contributed by atoms with Crippen molar-refractivity contribution in [3.05, 3.63) is 29.6 Å². The first-order valence-corrected chi connectivity index (χ1v) is 6.51. The van der Waals surface area contributed by atoms with Crippen molar-refractivity contribution in [2.45, 2.75) is 43.9 Å². The summed E-state index contributed by atoms with van der Waals surface area (Å²) in [5, 5.41) is 0.503. The molecule has 1 rings (SSSR count). The van der Waals surface area contributed by atoms with Crippen molar-refractivity contribution >= 4 is 11.8 Å². The molecule has 2 atom stereocenters. The Morgan fingerprint density at radius 1 is 1.19 bits per heavy atom. The van der Waals surface area contributed by atoms with E-state index in [4.69, 9.17) is 5.73 Å². The number of thioether (sulfide) groups is 1. The van der Waals surface area contributed by atoms with Crippen LogP contribution in [0, 0.1) is 11.7 Å². The van der Waals surface area contributed by atoms with Crippen LogP contribution in [0.1, 0.15) is 39.3 Å². The van der Waals surface area contributed by atoms with Gasteiger partial charge < -0.3 is 5.73 Å². The van der Waals surface area contributed by atoms with Crippen LogP contribution in [0.5, 0.6) is 0 Å². The van der Waals surface area contributed by atoms with Gasteiger partial charge >= 0.3 is 0 Å². The number of hydrogen-bond acceptors (Lipinski definition) is 2. The number of halogens is 1. The van der Waals surface area contributed by atoms with Gasteiger partial charge in [0.1, 0.15) is 5.82 Å². The molecule has 0 aliphatic rings. The van der Waals surface area contributed by atoms with Gasteiger partial charge in [0.15, 0.2) is 0 Å². The van der Waals surface area contributed by atoms with Gasteiger partial charge in [-0.2, -0.15) is 0 Å². The number of nitrogens with two attached hydrogens (primary N) is 1. The van der Waals surface area contributed by atoms with E-state index in [1.54, 1.807) is 17.8 Å². The second kappa shape index (κ2) is 5.69. The Kier molecular flexibility index (Phi) is 4.81. The zero-order chi connectivity index (χ0) is 12.3. The normalized spacial score (nSPS) is 15.2. The largest absolute Gasteiger partial charge is 0.324 e. The molecule has 16 heavy (non-hydrogen) atoms. The molecule has 1 aromatic carbocycles. The van der Waals surface area contributed by atoms with Crippen molar-refractivity contribution in [2.75, 3.05) is 0 Å². The molecule has 0 fully saturated rings. The Morgan fingerprint density at radius 2 is 1.81 bits per heavy atom. The highest BCUT2D eigenvalue weighted by Crippen LogP contribution is 2.33. The van der Waals surface area contributed by atoms with Gasteiger partial charge in [0.25, 0.3) is 0 Å². The van der Waals surface area contributed by atoms with E-state index in [1.165, 1.54) is 6.07 Å². The summed E-state index contributed by atoms with van der Waals surface area (Å²) in [6.07, 6.45) is 0. The quantitative estimate of drug-likeness (QED) is 0.807. The van der Waals surface area contributed by atoms with Gasteiger partial charge in [0.05, 0.1) is 0 Å². The molecule has 0 radical (unpaired) electrons. The summed E-state index contributed by atoms with van der Waals surface area (Å²) >= 11 is 1.77. The van der Waals surface area contributed by atoms with E-state index in [0.29, 0.717) is 11.2 Å². The van der Waals surface area contributed by atoms with Gasteiger partial charge in [-0.05, 0) is 36.6 Å². The van der Waals surface area contributed by atoms with Crippen molar-refractivity contribution in [1.29, 1.82) is 0 Å². The zero-order valence-electron chi connectivity index (χ0n) is 10.3. The lowest BCUT2D eigenvalue weighted by molar-refractivity contribution is 0.618. The molecular formula is C13H20FNS. The lowest BCUT2D eigenvalue weighted by atomic mass is 10.1. The smallest absolute Gasteiger partial charge is 0.123 e. The molecule has 3 heteroatoms. The molecule has 1 nitrogen and oxygen atoms in total. The highest BCUT2D eigenvalue weighted by molar-refractivity contribution is 8.00. The Morgan fingerprint density at radius 3 is 2.31 bits per heavy atom. The average molecular weight is 241 g/mol. The molecule has 0 bridgehead atoms. The molecule has 2 N–H and O–H groups in total. The van der Waals surface area contributed by atoms with Crippen LogP contribution < -0.4 is 5.73 Å². The molecule has 90 valence electrons. The van der Waals surface area contributed by atoms with Crippen LogP contribution in [0.2, 0.25) is 0 Å². The van der Waals surface area contributed by atoms with E-state index in [9.17, 15) is 4.39 Å². The molecule has 0 aliphatic carbocycles. The lowest BCUT2D eigenvalue weighted by Gasteiger charge is -2.18. The monoisotopic (exact) mass is 241 g/mol. The minimum absolute atomic E-state index is 0.127. The molecule has 0 heterocycles. The first-order chi connectivity index (χ1) is 7.41. The third-order valence-corrected chi connectivity index (χ3v) is 4.26. The lowest BCUT2D eigenvalue weighted by Crippen LogP contribution is -2.10. The van der Waals surface area contributed by atoms with Crippen molar-refractivity contribution in [3.63, 3.8) is 0 Å². The Balaban J connectivity index is 2.95.